The zero-order chi connectivity index (χ0) is 12.5. The zero-order valence-corrected chi connectivity index (χ0v) is 11.7. The maximum absolute atomic E-state index is 5.73. The molecule has 0 amide bonds. The summed E-state index contributed by atoms with van der Waals surface area (Å²) in [4.78, 5) is 5.71. The second kappa shape index (κ2) is 5.02. The molecule has 2 rings (SSSR count). The predicted molar refractivity (Wildman–Crippen MR) is 68.2 cm³/mol. The van der Waals surface area contributed by atoms with Crippen molar-refractivity contribution in [1.29, 1.82) is 0 Å². The monoisotopic (exact) mass is 256 g/mol. The molecular formula is C12H20N2O2S. The van der Waals surface area contributed by atoms with Crippen LogP contribution in [-0.2, 0) is 16.0 Å². The number of hydrogen-bond donors (Lipinski definition) is 1. The van der Waals surface area contributed by atoms with Crippen molar-refractivity contribution in [2.75, 3.05) is 13.2 Å². The number of ether oxygens (including phenoxy) is 2. The summed E-state index contributed by atoms with van der Waals surface area (Å²) in [6, 6.07) is 0. The minimum atomic E-state index is -0.427. The van der Waals surface area contributed by atoms with Crippen molar-refractivity contribution in [3.63, 3.8) is 0 Å². The molecular weight excluding hydrogens is 236 g/mol. The molecule has 0 radical (unpaired) electrons. The Morgan fingerprint density at radius 2 is 2.24 bits per heavy atom. The third-order valence-electron chi connectivity index (χ3n) is 2.72. The minimum absolute atomic E-state index is 0.152. The van der Waals surface area contributed by atoms with Gasteiger partial charge in [0.05, 0.1) is 23.4 Å². The second-order valence-electron chi connectivity index (χ2n) is 4.82. The van der Waals surface area contributed by atoms with Gasteiger partial charge in [0.25, 0.3) is 0 Å². The maximum atomic E-state index is 5.73. The van der Waals surface area contributed by atoms with Crippen LogP contribution in [0.4, 0.5) is 0 Å². The van der Waals surface area contributed by atoms with Crippen molar-refractivity contribution in [3.05, 3.63) is 15.6 Å². The molecule has 1 unspecified atom stereocenters. The Bertz CT molecular complexity index is 390. The molecule has 5 heteroatoms. The molecule has 1 aliphatic heterocycles. The Kier molecular flexibility index (Phi) is 3.82. The van der Waals surface area contributed by atoms with E-state index in [0.717, 1.165) is 23.8 Å². The largest absolute Gasteiger partial charge is 0.348 e. The molecule has 1 aromatic rings. The van der Waals surface area contributed by atoms with Crippen molar-refractivity contribution < 1.29 is 9.47 Å². The molecule has 0 aromatic carbocycles. The van der Waals surface area contributed by atoms with Gasteiger partial charge in [-0.05, 0) is 27.7 Å². The molecule has 96 valence electrons. The van der Waals surface area contributed by atoms with E-state index in [4.69, 9.17) is 9.47 Å². The van der Waals surface area contributed by atoms with Crippen LogP contribution in [0.15, 0.2) is 0 Å². The fourth-order valence-electron chi connectivity index (χ4n) is 1.95. The van der Waals surface area contributed by atoms with Gasteiger partial charge >= 0.3 is 0 Å². The standard InChI is InChI=1S/C12H20N2O2S/c1-8-11(17-9(2)14-8)6-13-5-10-7-15-12(3,4)16-10/h10,13H,5-7H2,1-4H3. The molecule has 1 atom stereocenters. The van der Waals surface area contributed by atoms with E-state index in [2.05, 4.69) is 17.2 Å². The van der Waals surface area contributed by atoms with Crippen LogP contribution in [0.25, 0.3) is 0 Å². The highest BCUT2D eigenvalue weighted by Gasteiger charge is 2.32. The van der Waals surface area contributed by atoms with Gasteiger partial charge in [0.1, 0.15) is 0 Å². The van der Waals surface area contributed by atoms with Crippen molar-refractivity contribution >= 4 is 11.3 Å². The van der Waals surface area contributed by atoms with Gasteiger partial charge < -0.3 is 14.8 Å². The molecule has 2 heterocycles. The summed E-state index contributed by atoms with van der Waals surface area (Å²) in [6.45, 7) is 10.3. The molecule has 0 aliphatic carbocycles. The molecule has 0 bridgehead atoms. The first-order chi connectivity index (χ1) is 7.96. The molecule has 4 nitrogen and oxygen atoms in total. The normalized spacial score (nSPS) is 23.2. The van der Waals surface area contributed by atoms with Gasteiger partial charge in [-0.25, -0.2) is 4.98 Å². The Labute approximate surface area is 106 Å². The molecule has 1 fully saturated rings. The Hall–Kier alpha value is -0.490. The SMILES string of the molecule is Cc1nc(C)c(CNCC2COC(C)(C)O2)s1. The number of rotatable bonds is 4. The highest BCUT2D eigenvalue weighted by atomic mass is 32.1. The average Bonchev–Trinajstić information content (AvgIpc) is 2.71. The fourth-order valence-corrected chi connectivity index (χ4v) is 2.85. The lowest BCUT2D eigenvalue weighted by Crippen LogP contribution is -2.30. The van der Waals surface area contributed by atoms with Crippen LogP contribution in [0.5, 0.6) is 0 Å². The first-order valence-electron chi connectivity index (χ1n) is 5.92. The maximum Gasteiger partial charge on any atom is 0.163 e. The summed E-state index contributed by atoms with van der Waals surface area (Å²) in [5, 5.41) is 4.53. The summed E-state index contributed by atoms with van der Waals surface area (Å²) in [7, 11) is 0. The Morgan fingerprint density at radius 3 is 2.76 bits per heavy atom. The van der Waals surface area contributed by atoms with Crippen molar-refractivity contribution in [3.8, 4) is 0 Å². The number of aryl methyl sites for hydroxylation is 2. The molecule has 1 N–H and O–H groups in total. The molecule has 0 spiro atoms. The molecule has 1 aromatic heterocycles. The topological polar surface area (TPSA) is 43.4 Å². The molecule has 0 saturated carbocycles. The second-order valence-corrected chi connectivity index (χ2v) is 6.11. The Morgan fingerprint density at radius 1 is 1.47 bits per heavy atom. The lowest BCUT2D eigenvalue weighted by molar-refractivity contribution is -0.137. The van der Waals surface area contributed by atoms with Crippen LogP contribution in [0, 0.1) is 13.8 Å². The minimum Gasteiger partial charge on any atom is -0.348 e. The van der Waals surface area contributed by atoms with Crippen molar-refractivity contribution in [2.24, 2.45) is 0 Å². The lowest BCUT2D eigenvalue weighted by atomic mass is 10.3. The van der Waals surface area contributed by atoms with Crippen molar-refractivity contribution in [2.45, 2.75) is 46.1 Å². The van der Waals surface area contributed by atoms with Crippen LogP contribution in [-0.4, -0.2) is 30.0 Å². The van der Waals surface area contributed by atoms with E-state index in [1.165, 1.54) is 4.88 Å². The fraction of sp³-hybridized carbons (Fsp3) is 0.750. The van der Waals surface area contributed by atoms with E-state index in [1.54, 1.807) is 11.3 Å². The summed E-state index contributed by atoms with van der Waals surface area (Å²) >= 11 is 1.75. The third kappa shape index (κ3) is 3.48. The van der Waals surface area contributed by atoms with Crippen LogP contribution in [0.2, 0.25) is 0 Å². The number of hydrogen-bond acceptors (Lipinski definition) is 5. The van der Waals surface area contributed by atoms with Crippen molar-refractivity contribution in [1.82, 2.24) is 10.3 Å². The van der Waals surface area contributed by atoms with Gasteiger partial charge in [0.15, 0.2) is 5.79 Å². The van der Waals surface area contributed by atoms with Gasteiger partial charge in [0, 0.05) is 18.0 Å². The quantitative estimate of drug-likeness (QED) is 0.895. The number of thiazole rings is 1. The summed E-state index contributed by atoms with van der Waals surface area (Å²) in [5.41, 5.74) is 1.13. The molecule has 17 heavy (non-hydrogen) atoms. The number of nitrogens with one attached hydrogen (secondary N) is 1. The highest BCUT2D eigenvalue weighted by molar-refractivity contribution is 7.11. The van der Waals surface area contributed by atoms with Crippen LogP contribution in [0.1, 0.15) is 29.4 Å². The average molecular weight is 256 g/mol. The van der Waals surface area contributed by atoms with E-state index in [0.29, 0.717) is 6.61 Å². The summed E-state index contributed by atoms with van der Waals surface area (Å²) < 4.78 is 11.2. The van der Waals surface area contributed by atoms with Gasteiger partial charge in [0.2, 0.25) is 0 Å². The van der Waals surface area contributed by atoms with Crippen LogP contribution < -0.4 is 5.32 Å². The van der Waals surface area contributed by atoms with Gasteiger partial charge in [-0.3, -0.25) is 0 Å². The predicted octanol–water partition coefficient (Wildman–Crippen LogP) is 2.00. The van der Waals surface area contributed by atoms with E-state index in [1.807, 2.05) is 20.8 Å². The molecule has 1 saturated heterocycles. The Balaban J connectivity index is 1.75. The first kappa shape index (κ1) is 13.0. The zero-order valence-electron chi connectivity index (χ0n) is 10.9. The van der Waals surface area contributed by atoms with E-state index in [9.17, 15) is 0 Å². The number of nitrogens with zero attached hydrogens (tertiary/aromatic N) is 1. The van der Waals surface area contributed by atoms with Gasteiger partial charge in [-0.15, -0.1) is 11.3 Å². The summed E-state index contributed by atoms with van der Waals surface area (Å²) in [6.07, 6.45) is 0.152. The van der Waals surface area contributed by atoms with Crippen LogP contribution in [0.3, 0.4) is 0 Å². The number of aromatic nitrogens is 1. The van der Waals surface area contributed by atoms with Gasteiger partial charge in [-0.2, -0.15) is 0 Å². The third-order valence-corrected chi connectivity index (χ3v) is 3.80. The smallest absolute Gasteiger partial charge is 0.163 e. The van der Waals surface area contributed by atoms with Crippen LogP contribution >= 0.6 is 11.3 Å². The summed E-state index contributed by atoms with van der Waals surface area (Å²) in [5.74, 6) is -0.427. The lowest BCUT2D eigenvalue weighted by Gasteiger charge is -2.17. The first-order valence-corrected chi connectivity index (χ1v) is 6.73. The van der Waals surface area contributed by atoms with E-state index in [-0.39, 0.29) is 6.10 Å². The van der Waals surface area contributed by atoms with E-state index >= 15 is 0 Å². The molecule has 1 aliphatic rings. The van der Waals surface area contributed by atoms with Gasteiger partial charge in [-0.1, -0.05) is 0 Å². The highest BCUT2D eigenvalue weighted by Crippen LogP contribution is 2.22. The van der Waals surface area contributed by atoms with E-state index < -0.39 is 5.79 Å².